The molecule has 1 aromatic rings. The van der Waals surface area contributed by atoms with Crippen LogP contribution in [0, 0.1) is 11.3 Å². The average molecular weight is 239 g/mol. The van der Waals surface area contributed by atoms with E-state index < -0.39 is 0 Å². The largest absolute Gasteiger partial charge is 0.375 e. The molecule has 0 saturated heterocycles. The van der Waals surface area contributed by atoms with Crippen LogP contribution in [0.2, 0.25) is 0 Å². The van der Waals surface area contributed by atoms with Gasteiger partial charge >= 0.3 is 0 Å². The molecule has 0 saturated carbocycles. The van der Waals surface area contributed by atoms with Crippen LogP contribution < -0.4 is 0 Å². The predicted octanol–water partition coefficient (Wildman–Crippen LogP) is 3.44. The van der Waals surface area contributed by atoms with Crippen molar-refractivity contribution in [3.63, 3.8) is 0 Å². The van der Waals surface area contributed by atoms with Gasteiger partial charge in [-0.1, -0.05) is 27.7 Å². The molecule has 0 aromatic carbocycles. The normalized spacial score (nSPS) is 19.6. The topological polar surface area (TPSA) is 22.1 Å². The lowest BCUT2D eigenvalue weighted by atomic mass is 9.89. The molecule has 2 nitrogen and oxygen atoms in total. The third kappa shape index (κ3) is 2.83. The molecule has 90 valence electrons. The van der Waals surface area contributed by atoms with Crippen molar-refractivity contribution in [3.05, 3.63) is 15.6 Å². The van der Waals surface area contributed by atoms with Crippen molar-refractivity contribution in [2.24, 2.45) is 11.3 Å². The number of hydrogen-bond donors (Lipinski definition) is 0. The molecule has 1 aliphatic rings. The zero-order valence-corrected chi connectivity index (χ0v) is 11.5. The fourth-order valence-electron chi connectivity index (χ4n) is 2.05. The molecule has 1 aromatic heterocycles. The number of rotatable bonds is 2. The van der Waals surface area contributed by atoms with Crippen LogP contribution in [0.25, 0.3) is 0 Å². The van der Waals surface area contributed by atoms with Crippen molar-refractivity contribution >= 4 is 11.3 Å². The number of thiazole rings is 1. The monoisotopic (exact) mass is 239 g/mol. The Morgan fingerprint density at radius 3 is 2.88 bits per heavy atom. The lowest BCUT2D eigenvalue weighted by Gasteiger charge is -2.20. The van der Waals surface area contributed by atoms with Gasteiger partial charge in [-0.15, -0.1) is 11.3 Å². The molecule has 0 bridgehead atoms. The van der Waals surface area contributed by atoms with Crippen LogP contribution in [0.3, 0.4) is 0 Å². The smallest absolute Gasteiger partial charge is 0.0934 e. The summed E-state index contributed by atoms with van der Waals surface area (Å²) in [6.07, 6.45) is 2.15. The highest BCUT2D eigenvalue weighted by Gasteiger charge is 2.26. The lowest BCUT2D eigenvalue weighted by Crippen LogP contribution is -2.20. The van der Waals surface area contributed by atoms with Gasteiger partial charge in [0.2, 0.25) is 0 Å². The second-order valence-electron chi connectivity index (χ2n) is 5.91. The Morgan fingerprint density at radius 1 is 1.44 bits per heavy atom. The van der Waals surface area contributed by atoms with Crippen LogP contribution in [-0.2, 0) is 24.2 Å². The number of hydrogen-bond acceptors (Lipinski definition) is 3. The zero-order valence-electron chi connectivity index (χ0n) is 10.7. The highest BCUT2D eigenvalue weighted by Crippen LogP contribution is 2.32. The van der Waals surface area contributed by atoms with Gasteiger partial charge in [0, 0.05) is 6.42 Å². The van der Waals surface area contributed by atoms with Gasteiger partial charge in [0.25, 0.3) is 0 Å². The van der Waals surface area contributed by atoms with E-state index in [2.05, 4.69) is 27.7 Å². The summed E-state index contributed by atoms with van der Waals surface area (Å²) in [5, 5.41) is 1.28. The third-order valence-corrected chi connectivity index (χ3v) is 3.87. The number of ether oxygens (including phenoxy) is 1. The summed E-state index contributed by atoms with van der Waals surface area (Å²) in [7, 11) is 0. The van der Waals surface area contributed by atoms with Crippen molar-refractivity contribution in [3.8, 4) is 0 Å². The fourth-order valence-corrected chi connectivity index (χ4v) is 3.28. The van der Waals surface area contributed by atoms with E-state index in [0.29, 0.717) is 5.92 Å². The molecule has 0 fully saturated rings. The molecule has 2 heterocycles. The summed E-state index contributed by atoms with van der Waals surface area (Å²) in [5.41, 5.74) is 1.51. The Bertz CT molecular complexity index is 368. The summed E-state index contributed by atoms with van der Waals surface area (Å²) in [5.74, 6) is 0.684. The molecule has 1 aliphatic heterocycles. The fraction of sp³-hybridized carbons (Fsp3) is 0.769. The summed E-state index contributed by atoms with van der Waals surface area (Å²) in [6, 6.07) is 0. The van der Waals surface area contributed by atoms with E-state index in [0.717, 1.165) is 26.1 Å². The first-order valence-electron chi connectivity index (χ1n) is 6.01. The molecule has 2 rings (SSSR count). The molecular formula is C13H21NOS. The van der Waals surface area contributed by atoms with E-state index in [-0.39, 0.29) is 5.41 Å². The highest BCUT2D eigenvalue weighted by molar-refractivity contribution is 7.11. The molecule has 3 heteroatoms. The second-order valence-corrected chi connectivity index (χ2v) is 7.08. The van der Waals surface area contributed by atoms with Crippen LogP contribution >= 0.6 is 11.3 Å². The Morgan fingerprint density at radius 2 is 2.19 bits per heavy atom. The van der Waals surface area contributed by atoms with Crippen LogP contribution in [0.1, 0.15) is 43.3 Å². The predicted molar refractivity (Wildman–Crippen MR) is 67.8 cm³/mol. The van der Waals surface area contributed by atoms with E-state index in [1.165, 1.54) is 15.6 Å². The van der Waals surface area contributed by atoms with Gasteiger partial charge in [-0.05, 0) is 17.8 Å². The first-order chi connectivity index (χ1) is 7.46. The number of fused-ring (bicyclic) bond motifs is 1. The van der Waals surface area contributed by atoms with E-state index in [4.69, 9.17) is 9.72 Å². The maximum atomic E-state index is 5.72. The lowest BCUT2D eigenvalue weighted by molar-refractivity contribution is 0.0617. The summed E-state index contributed by atoms with van der Waals surface area (Å²) in [4.78, 5) is 6.13. The van der Waals surface area contributed by atoms with Gasteiger partial charge in [-0.2, -0.15) is 0 Å². The minimum Gasteiger partial charge on any atom is -0.375 e. The maximum absolute atomic E-state index is 5.72. The quantitative estimate of drug-likeness (QED) is 0.788. The van der Waals surface area contributed by atoms with Gasteiger partial charge in [0.15, 0.2) is 0 Å². The summed E-state index contributed by atoms with van der Waals surface area (Å²) >= 11 is 1.84. The minimum atomic E-state index is 0.231. The Balaban J connectivity index is 2.20. The highest BCUT2D eigenvalue weighted by atomic mass is 32.1. The molecule has 0 amide bonds. The van der Waals surface area contributed by atoms with E-state index in [9.17, 15) is 0 Å². The van der Waals surface area contributed by atoms with Crippen molar-refractivity contribution in [2.45, 2.75) is 47.1 Å². The molecule has 0 aliphatic carbocycles. The van der Waals surface area contributed by atoms with Crippen LogP contribution in [0.15, 0.2) is 0 Å². The van der Waals surface area contributed by atoms with Crippen molar-refractivity contribution < 1.29 is 4.74 Å². The molecular weight excluding hydrogens is 218 g/mol. The van der Waals surface area contributed by atoms with E-state index >= 15 is 0 Å². The third-order valence-electron chi connectivity index (χ3n) is 2.78. The Kier molecular flexibility index (Phi) is 3.36. The SMILES string of the molecule is CC(C)Cc1nc2c(s1)COCC(C)(C)C2. The van der Waals surface area contributed by atoms with Crippen LogP contribution in [0.5, 0.6) is 0 Å². The minimum absolute atomic E-state index is 0.231. The van der Waals surface area contributed by atoms with Gasteiger partial charge in [0.1, 0.15) is 0 Å². The summed E-state index contributed by atoms with van der Waals surface area (Å²) < 4.78 is 5.72. The van der Waals surface area contributed by atoms with Gasteiger partial charge in [-0.25, -0.2) is 4.98 Å². The van der Waals surface area contributed by atoms with Crippen molar-refractivity contribution in [1.82, 2.24) is 4.98 Å². The van der Waals surface area contributed by atoms with E-state index in [1.807, 2.05) is 11.3 Å². The van der Waals surface area contributed by atoms with Crippen molar-refractivity contribution in [1.29, 1.82) is 0 Å². The Labute approximate surface area is 102 Å². The van der Waals surface area contributed by atoms with Gasteiger partial charge < -0.3 is 4.74 Å². The van der Waals surface area contributed by atoms with Crippen molar-refractivity contribution in [2.75, 3.05) is 6.61 Å². The average Bonchev–Trinajstić information content (AvgIpc) is 2.39. The van der Waals surface area contributed by atoms with E-state index in [1.54, 1.807) is 0 Å². The first kappa shape index (κ1) is 12.1. The second kappa shape index (κ2) is 4.46. The molecule has 0 radical (unpaired) electrons. The van der Waals surface area contributed by atoms with Gasteiger partial charge in [-0.3, -0.25) is 0 Å². The maximum Gasteiger partial charge on any atom is 0.0934 e. The zero-order chi connectivity index (χ0) is 11.8. The molecule has 0 N–H and O–H groups in total. The molecule has 0 unspecified atom stereocenters. The standard InChI is InChI=1S/C13H21NOS/c1-9(2)5-12-14-10-6-13(3,4)8-15-7-11(10)16-12/h9H,5-8H2,1-4H3. The molecule has 0 spiro atoms. The first-order valence-corrected chi connectivity index (χ1v) is 6.83. The van der Waals surface area contributed by atoms with Crippen LogP contribution in [-0.4, -0.2) is 11.6 Å². The summed E-state index contributed by atoms with van der Waals surface area (Å²) in [6.45, 7) is 10.6. The Hall–Kier alpha value is -0.410. The van der Waals surface area contributed by atoms with Gasteiger partial charge in [0.05, 0.1) is 28.8 Å². The van der Waals surface area contributed by atoms with Crippen LogP contribution in [0.4, 0.5) is 0 Å². The number of aromatic nitrogens is 1. The molecule has 16 heavy (non-hydrogen) atoms. The number of nitrogens with zero attached hydrogens (tertiary/aromatic N) is 1. The molecule has 0 atom stereocenters.